The molecule has 0 radical (unpaired) electrons. The number of aryl methyl sites for hydroxylation is 1. The maximum atomic E-state index is 13.4. The van der Waals surface area contributed by atoms with Gasteiger partial charge in [0.25, 0.3) is 5.91 Å². The number of amides is 2. The summed E-state index contributed by atoms with van der Waals surface area (Å²) in [6.07, 6.45) is 6.05. The Balaban J connectivity index is 0.00000308. The van der Waals surface area contributed by atoms with Crippen molar-refractivity contribution >= 4 is 17.5 Å². The summed E-state index contributed by atoms with van der Waals surface area (Å²) in [5.41, 5.74) is 5.58. The zero-order chi connectivity index (χ0) is 26.1. The molecule has 8 nitrogen and oxygen atoms in total. The number of benzene rings is 3. The third-order valence-corrected chi connectivity index (χ3v) is 7.12. The Kier molecular flexibility index (Phi) is 5.99. The van der Waals surface area contributed by atoms with Crippen LogP contribution in [0.25, 0.3) is 11.1 Å². The second-order valence-electron chi connectivity index (χ2n) is 9.60. The normalized spacial score (nSPS) is 14.6. The monoisotopic (exact) mass is 508 g/mol. The first-order chi connectivity index (χ1) is 18.5. The summed E-state index contributed by atoms with van der Waals surface area (Å²) >= 11 is 0. The SMILES string of the molecule is Cc1ccc(NC(=O)C2(c3ccc4c(c3)OCO4)CC2)cc1-c1ccc(CNC(=O)c2cnccn2)cc1.[HH]. The first-order valence-electron chi connectivity index (χ1n) is 12.5. The van der Waals surface area contributed by atoms with Gasteiger partial charge in [0.15, 0.2) is 11.5 Å². The summed E-state index contributed by atoms with van der Waals surface area (Å²) in [6, 6.07) is 19.7. The predicted molar refractivity (Wildman–Crippen MR) is 144 cm³/mol. The van der Waals surface area contributed by atoms with Crippen LogP contribution in [-0.2, 0) is 16.8 Å². The van der Waals surface area contributed by atoms with Crippen LogP contribution >= 0.6 is 0 Å². The Morgan fingerprint density at radius 2 is 1.79 bits per heavy atom. The van der Waals surface area contributed by atoms with Crippen LogP contribution in [0.1, 0.15) is 41.4 Å². The molecule has 2 amide bonds. The number of rotatable bonds is 7. The molecule has 0 unspecified atom stereocenters. The van der Waals surface area contributed by atoms with Crippen LogP contribution in [0.2, 0.25) is 0 Å². The lowest BCUT2D eigenvalue weighted by molar-refractivity contribution is -0.118. The average molecular weight is 509 g/mol. The minimum absolute atomic E-state index is 0. The molecule has 1 aliphatic carbocycles. The third kappa shape index (κ3) is 4.56. The summed E-state index contributed by atoms with van der Waals surface area (Å²) in [7, 11) is 0. The topological polar surface area (TPSA) is 102 Å². The van der Waals surface area contributed by atoms with Crippen LogP contribution in [0.4, 0.5) is 5.69 Å². The Bertz CT molecular complexity index is 1520. The molecule has 192 valence electrons. The second-order valence-corrected chi connectivity index (χ2v) is 9.60. The zero-order valence-electron chi connectivity index (χ0n) is 20.9. The van der Waals surface area contributed by atoms with E-state index in [0.29, 0.717) is 18.0 Å². The van der Waals surface area contributed by atoms with Gasteiger partial charge >= 0.3 is 0 Å². The highest BCUT2D eigenvalue weighted by Crippen LogP contribution is 2.51. The lowest BCUT2D eigenvalue weighted by atomic mass is 9.94. The van der Waals surface area contributed by atoms with Gasteiger partial charge in [0.1, 0.15) is 5.69 Å². The first kappa shape index (κ1) is 23.7. The van der Waals surface area contributed by atoms with Crippen molar-refractivity contribution < 1.29 is 20.5 Å². The molecule has 2 N–H and O–H groups in total. The van der Waals surface area contributed by atoms with Gasteiger partial charge < -0.3 is 20.1 Å². The van der Waals surface area contributed by atoms with E-state index in [-0.39, 0.29) is 25.7 Å². The minimum Gasteiger partial charge on any atom is -0.454 e. The molecular formula is C30H28N4O4. The smallest absolute Gasteiger partial charge is 0.271 e. The number of carbonyl (C=O) groups is 2. The highest BCUT2D eigenvalue weighted by atomic mass is 16.7. The number of hydrogen-bond acceptors (Lipinski definition) is 6. The molecule has 0 saturated heterocycles. The maximum Gasteiger partial charge on any atom is 0.271 e. The second kappa shape index (κ2) is 9.63. The van der Waals surface area contributed by atoms with Gasteiger partial charge in [-0.3, -0.25) is 14.6 Å². The summed E-state index contributed by atoms with van der Waals surface area (Å²) in [6.45, 7) is 2.64. The molecule has 0 atom stereocenters. The molecule has 1 fully saturated rings. The van der Waals surface area contributed by atoms with Gasteiger partial charge in [0.05, 0.1) is 11.6 Å². The van der Waals surface area contributed by atoms with Gasteiger partial charge in [0.2, 0.25) is 12.7 Å². The number of aromatic nitrogens is 2. The fourth-order valence-electron chi connectivity index (χ4n) is 4.72. The van der Waals surface area contributed by atoms with Crippen molar-refractivity contribution in [2.24, 2.45) is 0 Å². The van der Waals surface area contributed by atoms with Gasteiger partial charge in [-0.2, -0.15) is 0 Å². The van der Waals surface area contributed by atoms with Crippen molar-refractivity contribution in [2.75, 3.05) is 12.1 Å². The molecule has 0 bridgehead atoms. The van der Waals surface area contributed by atoms with Crippen LogP contribution in [0, 0.1) is 6.92 Å². The highest BCUT2D eigenvalue weighted by molar-refractivity contribution is 6.02. The predicted octanol–water partition coefficient (Wildman–Crippen LogP) is 5.03. The van der Waals surface area contributed by atoms with Crippen molar-refractivity contribution in [2.45, 2.75) is 31.7 Å². The summed E-state index contributed by atoms with van der Waals surface area (Å²) in [4.78, 5) is 33.6. The van der Waals surface area contributed by atoms with Crippen molar-refractivity contribution in [1.82, 2.24) is 15.3 Å². The number of nitrogens with zero attached hydrogens (tertiary/aromatic N) is 2. The van der Waals surface area contributed by atoms with E-state index in [9.17, 15) is 9.59 Å². The van der Waals surface area contributed by atoms with E-state index in [4.69, 9.17) is 9.47 Å². The van der Waals surface area contributed by atoms with Gasteiger partial charge in [0, 0.05) is 26.1 Å². The third-order valence-electron chi connectivity index (χ3n) is 7.12. The summed E-state index contributed by atoms with van der Waals surface area (Å²) in [5.74, 6) is 1.12. The van der Waals surface area contributed by atoms with Crippen LogP contribution in [0.3, 0.4) is 0 Å². The van der Waals surface area contributed by atoms with Crippen LogP contribution in [0.15, 0.2) is 79.3 Å². The number of hydrogen-bond donors (Lipinski definition) is 2. The quantitative estimate of drug-likeness (QED) is 0.363. The van der Waals surface area contributed by atoms with Gasteiger partial charge in [-0.25, -0.2) is 4.98 Å². The molecule has 1 aliphatic heterocycles. The molecule has 1 aromatic heterocycles. The van der Waals surface area contributed by atoms with E-state index in [1.54, 1.807) is 0 Å². The fraction of sp³-hybridized carbons (Fsp3) is 0.200. The highest BCUT2D eigenvalue weighted by Gasteiger charge is 2.51. The fourth-order valence-corrected chi connectivity index (χ4v) is 4.72. The first-order valence-corrected chi connectivity index (χ1v) is 12.5. The van der Waals surface area contributed by atoms with Crippen molar-refractivity contribution in [3.63, 3.8) is 0 Å². The van der Waals surface area contributed by atoms with E-state index in [1.807, 2.05) is 67.6 Å². The van der Waals surface area contributed by atoms with Gasteiger partial charge in [-0.1, -0.05) is 36.4 Å². The lowest BCUT2D eigenvalue weighted by Crippen LogP contribution is -2.27. The van der Waals surface area contributed by atoms with E-state index in [2.05, 4.69) is 20.6 Å². The molecule has 1 saturated carbocycles. The number of anilines is 1. The van der Waals surface area contributed by atoms with Gasteiger partial charge in [-0.05, 0) is 71.8 Å². The Morgan fingerprint density at radius 3 is 2.55 bits per heavy atom. The number of carbonyl (C=O) groups excluding carboxylic acids is 2. The molecule has 0 spiro atoms. The summed E-state index contributed by atoms with van der Waals surface area (Å²) < 4.78 is 10.9. The van der Waals surface area contributed by atoms with Crippen molar-refractivity contribution in [3.8, 4) is 22.6 Å². The van der Waals surface area contributed by atoms with Crippen molar-refractivity contribution in [1.29, 1.82) is 0 Å². The minimum atomic E-state index is -0.538. The Hall–Kier alpha value is -4.72. The molecular weight excluding hydrogens is 480 g/mol. The lowest BCUT2D eigenvalue weighted by Gasteiger charge is -2.17. The maximum absolute atomic E-state index is 13.4. The zero-order valence-corrected chi connectivity index (χ0v) is 20.9. The molecule has 3 aromatic carbocycles. The molecule has 2 heterocycles. The Morgan fingerprint density at radius 1 is 0.974 bits per heavy atom. The average Bonchev–Trinajstić information content (AvgIpc) is 3.64. The number of fused-ring (bicyclic) bond motifs is 1. The van der Waals surface area contributed by atoms with Crippen molar-refractivity contribution in [3.05, 3.63) is 102 Å². The molecule has 8 heteroatoms. The van der Waals surface area contributed by atoms with E-state index < -0.39 is 5.41 Å². The van der Waals surface area contributed by atoms with E-state index in [1.165, 1.54) is 18.6 Å². The van der Waals surface area contributed by atoms with Gasteiger partial charge in [-0.15, -0.1) is 0 Å². The molecule has 4 aromatic rings. The van der Waals surface area contributed by atoms with Crippen LogP contribution in [0.5, 0.6) is 11.5 Å². The Labute approximate surface area is 221 Å². The number of nitrogens with one attached hydrogen (secondary N) is 2. The summed E-state index contributed by atoms with van der Waals surface area (Å²) in [5, 5.41) is 6.00. The standard InChI is InChI=1S/C30H26N4O4.H2/c1-19-2-8-23(34-29(36)30(10-11-30)22-7-9-26-27(14-22)38-18-37-26)15-24(19)21-5-3-20(4-6-21)16-33-28(35)25-17-31-12-13-32-25;/h2-9,12-15,17H,10-11,16,18H2,1H3,(H,33,35)(H,34,36);1H. The van der Waals surface area contributed by atoms with Crippen LogP contribution in [-0.4, -0.2) is 28.6 Å². The molecule has 2 aliphatic rings. The van der Waals surface area contributed by atoms with E-state index >= 15 is 0 Å². The largest absolute Gasteiger partial charge is 0.454 e. The van der Waals surface area contributed by atoms with E-state index in [0.717, 1.165) is 46.3 Å². The molecule has 6 rings (SSSR count). The molecule has 38 heavy (non-hydrogen) atoms. The number of ether oxygens (including phenoxy) is 2. The van der Waals surface area contributed by atoms with Crippen LogP contribution < -0.4 is 20.1 Å².